The topological polar surface area (TPSA) is 59.1 Å². The summed E-state index contributed by atoms with van der Waals surface area (Å²) < 4.78 is 11.1. The summed E-state index contributed by atoms with van der Waals surface area (Å²) >= 11 is 0. The number of carbonyl (C=O) groups is 2. The number of methoxy groups -OCH3 is 1. The molecular weight excluding hydrogens is 428 g/mol. The van der Waals surface area contributed by atoms with Crippen LogP contribution in [0.5, 0.6) is 11.5 Å². The van der Waals surface area contributed by atoms with Crippen LogP contribution in [0.4, 0.5) is 5.69 Å². The molecule has 1 aliphatic heterocycles. The number of hydrogen-bond donors (Lipinski definition) is 0. The number of benzene rings is 3. The molecule has 0 spiro atoms. The lowest BCUT2D eigenvalue weighted by Gasteiger charge is -2.23. The van der Waals surface area contributed by atoms with Gasteiger partial charge in [0.25, 0.3) is 0 Å². The largest absolute Gasteiger partial charge is 0.497 e. The third kappa shape index (κ3) is 5.57. The van der Waals surface area contributed by atoms with E-state index >= 15 is 0 Å². The monoisotopic (exact) mass is 458 g/mol. The fraction of sp³-hybridized carbons (Fsp3) is 0.286. The second-order valence-corrected chi connectivity index (χ2v) is 8.57. The number of hydrogen-bond acceptors (Lipinski definition) is 4. The van der Waals surface area contributed by atoms with E-state index in [2.05, 4.69) is 0 Å². The Morgan fingerprint density at radius 1 is 1.00 bits per heavy atom. The molecule has 6 heteroatoms. The molecule has 0 atom stereocenters. The maximum Gasteiger partial charge on any atom is 0.227 e. The first-order chi connectivity index (χ1) is 16.4. The summed E-state index contributed by atoms with van der Waals surface area (Å²) in [7, 11) is 1.62. The molecule has 0 fully saturated rings. The van der Waals surface area contributed by atoms with Crippen LogP contribution in [0.2, 0.25) is 0 Å². The van der Waals surface area contributed by atoms with Gasteiger partial charge in [0.2, 0.25) is 11.8 Å². The molecule has 3 aromatic carbocycles. The standard InChI is InChI=1S/C28H30N2O4/c1-20-4-9-25(10-5-20)30(21(2)31)18-23-8-13-27-24(16-23)19-29(14-15-34-27)28(32)17-22-6-11-26(33-3)12-7-22/h4-13,16H,14-15,17-19H2,1-3H3. The van der Waals surface area contributed by atoms with Crippen molar-refractivity contribution in [3.8, 4) is 11.5 Å². The van der Waals surface area contributed by atoms with Crippen LogP contribution < -0.4 is 14.4 Å². The molecule has 0 saturated carbocycles. The van der Waals surface area contributed by atoms with E-state index in [9.17, 15) is 9.59 Å². The van der Waals surface area contributed by atoms with Gasteiger partial charge >= 0.3 is 0 Å². The van der Waals surface area contributed by atoms with Gasteiger partial charge in [0.15, 0.2) is 0 Å². The molecule has 0 aromatic heterocycles. The highest BCUT2D eigenvalue weighted by Gasteiger charge is 2.21. The van der Waals surface area contributed by atoms with Crippen molar-refractivity contribution in [1.29, 1.82) is 0 Å². The molecule has 2 amide bonds. The fourth-order valence-corrected chi connectivity index (χ4v) is 4.08. The Morgan fingerprint density at radius 3 is 2.38 bits per heavy atom. The van der Waals surface area contributed by atoms with Crippen molar-refractivity contribution >= 4 is 17.5 Å². The van der Waals surface area contributed by atoms with Crippen molar-refractivity contribution in [3.05, 3.63) is 89.0 Å². The van der Waals surface area contributed by atoms with Crippen molar-refractivity contribution < 1.29 is 19.1 Å². The molecule has 0 bridgehead atoms. The van der Waals surface area contributed by atoms with E-state index in [0.29, 0.717) is 32.7 Å². The summed E-state index contributed by atoms with van der Waals surface area (Å²) in [6.07, 6.45) is 0.324. The summed E-state index contributed by atoms with van der Waals surface area (Å²) in [6.45, 7) is 5.50. The minimum Gasteiger partial charge on any atom is -0.497 e. The SMILES string of the molecule is COc1ccc(CC(=O)N2CCOc3ccc(CN(C(C)=O)c4ccc(C)cc4)cc3C2)cc1. The average Bonchev–Trinajstić information content (AvgIpc) is 3.06. The summed E-state index contributed by atoms with van der Waals surface area (Å²) in [5, 5.41) is 0. The Balaban J connectivity index is 1.49. The Morgan fingerprint density at radius 2 is 1.71 bits per heavy atom. The Labute approximate surface area is 200 Å². The van der Waals surface area contributed by atoms with Gasteiger partial charge in [0, 0.05) is 24.7 Å². The molecule has 3 aromatic rings. The van der Waals surface area contributed by atoms with Crippen molar-refractivity contribution in [1.82, 2.24) is 4.90 Å². The molecule has 6 nitrogen and oxygen atoms in total. The Bertz CT molecular complexity index is 1160. The fourth-order valence-electron chi connectivity index (χ4n) is 4.08. The minimum atomic E-state index is -0.0219. The molecule has 34 heavy (non-hydrogen) atoms. The zero-order chi connectivity index (χ0) is 24.1. The molecule has 0 aliphatic carbocycles. The highest BCUT2D eigenvalue weighted by molar-refractivity contribution is 5.91. The van der Waals surface area contributed by atoms with E-state index in [0.717, 1.165) is 39.4 Å². The van der Waals surface area contributed by atoms with Gasteiger partial charge in [-0.15, -0.1) is 0 Å². The highest BCUT2D eigenvalue weighted by Crippen LogP contribution is 2.27. The first-order valence-corrected chi connectivity index (χ1v) is 11.4. The second kappa shape index (κ2) is 10.4. The predicted molar refractivity (Wildman–Crippen MR) is 132 cm³/mol. The Kier molecular flexibility index (Phi) is 7.16. The normalized spacial score (nSPS) is 12.9. The van der Waals surface area contributed by atoms with Crippen molar-refractivity contribution in [3.63, 3.8) is 0 Å². The van der Waals surface area contributed by atoms with Gasteiger partial charge in [-0.25, -0.2) is 0 Å². The maximum absolute atomic E-state index is 13.0. The average molecular weight is 459 g/mol. The molecule has 0 saturated heterocycles. The van der Waals surface area contributed by atoms with Crippen LogP contribution in [-0.2, 0) is 29.1 Å². The lowest BCUT2D eigenvalue weighted by atomic mass is 10.1. The molecule has 1 aliphatic rings. The molecule has 0 N–H and O–H groups in total. The summed E-state index contributed by atoms with van der Waals surface area (Å²) in [5.41, 5.74) is 4.89. The number of amides is 2. The van der Waals surface area contributed by atoms with Crippen LogP contribution in [0.15, 0.2) is 66.7 Å². The lowest BCUT2D eigenvalue weighted by molar-refractivity contribution is -0.131. The van der Waals surface area contributed by atoms with Crippen molar-refractivity contribution in [2.45, 2.75) is 33.4 Å². The molecule has 176 valence electrons. The lowest BCUT2D eigenvalue weighted by Crippen LogP contribution is -2.33. The van der Waals surface area contributed by atoms with Crippen LogP contribution in [0.3, 0.4) is 0 Å². The van der Waals surface area contributed by atoms with Gasteiger partial charge in [-0.05, 0) is 54.4 Å². The van der Waals surface area contributed by atoms with Gasteiger partial charge < -0.3 is 19.3 Å². The smallest absolute Gasteiger partial charge is 0.227 e. The number of rotatable bonds is 6. The summed E-state index contributed by atoms with van der Waals surface area (Å²) in [4.78, 5) is 29.0. The van der Waals surface area contributed by atoms with Crippen LogP contribution in [0, 0.1) is 6.92 Å². The molecule has 4 rings (SSSR count). The van der Waals surface area contributed by atoms with E-state index in [1.165, 1.54) is 0 Å². The van der Waals surface area contributed by atoms with Gasteiger partial charge in [-0.1, -0.05) is 35.9 Å². The van der Waals surface area contributed by atoms with E-state index in [1.807, 2.05) is 78.6 Å². The number of ether oxygens (including phenoxy) is 2. The van der Waals surface area contributed by atoms with Gasteiger partial charge in [-0.2, -0.15) is 0 Å². The predicted octanol–water partition coefficient (Wildman–Crippen LogP) is 4.52. The van der Waals surface area contributed by atoms with Crippen LogP contribution in [-0.4, -0.2) is 37.0 Å². The maximum atomic E-state index is 13.0. The van der Waals surface area contributed by atoms with Gasteiger partial charge in [0.05, 0.1) is 26.6 Å². The molecule has 1 heterocycles. The van der Waals surface area contributed by atoms with E-state index in [-0.39, 0.29) is 11.8 Å². The summed E-state index contributed by atoms with van der Waals surface area (Å²) in [6, 6.07) is 21.5. The number of fused-ring (bicyclic) bond motifs is 1. The first-order valence-electron chi connectivity index (χ1n) is 11.4. The minimum absolute atomic E-state index is 0.0219. The zero-order valence-corrected chi connectivity index (χ0v) is 19.9. The van der Waals surface area contributed by atoms with Crippen molar-refractivity contribution in [2.75, 3.05) is 25.2 Å². The molecular formula is C28H30N2O4. The van der Waals surface area contributed by atoms with Crippen LogP contribution in [0.1, 0.15) is 29.2 Å². The number of aryl methyl sites for hydroxylation is 1. The first kappa shape index (κ1) is 23.4. The third-order valence-electron chi connectivity index (χ3n) is 6.04. The summed E-state index contributed by atoms with van der Waals surface area (Å²) in [5.74, 6) is 1.59. The second-order valence-electron chi connectivity index (χ2n) is 8.57. The van der Waals surface area contributed by atoms with Crippen LogP contribution >= 0.6 is 0 Å². The third-order valence-corrected chi connectivity index (χ3v) is 6.04. The molecule has 0 unspecified atom stereocenters. The van der Waals surface area contributed by atoms with Gasteiger partial charge in [-0.3, -0.25) is 9.59 Å². The number of anilines is 1. The van der Waals surface area contributed by atoms with E-state index < -0.39 is 0 Å². The van der Waals surface area contributed by atoms with Crippen molar-refractivity contribution in [2.24, 2.45) is 0 Å². The Hall–Kier alpha value is -3.80. The number of nitrogens with zero attached hydrogens (tertiary/aromatic N) is 2. The number of carbonyl (C=O) groups excluding carboxylic acids is 2. The molecule has 0 radical (unpaired) electrons. The quantitative estimate of drug-likeness (QED) is 0.545. The van der Waals surface area contributed by atoms with E-state index in [4.69, 9.17) is 9.47 Å². The van der Waals surface area contributed by atoms with E-state index in [1.54, 1.807) is 18.9 Å². The highest BCUT2D eigenvalue weighted by atomic mass is 16.5. The zero-order valence-electron chi connectivity index (χ0n) is 19.9. The van der Waals surface area contributed by atoms with Gasteiger partial charge in [0.1, 0.15) is 18.1 Å². The van der Waals surface area contributed by atoms with Crippen LogP contribution in [0.25, 0.3) is 0 Å².